The lowest BCUT2D eigenvalue weighted by atomic mass is 10.1. The summed E-state index contributed by atoms with van der Waals surface area (Å²) < 4.78 is 5.38. The number of aliphatic imine (C=N–C) groups is 1. The van der Waals surface area contributed by atoms with E-state index in [1.165, 1.54) is 0 Å². The van der Waals surface area contributed by atoms with Crippen LogP contribution in [0, 0.1) is 13.8 Å². The molecule has 0 saturated carbocycles. The molecule has 28 heavy (non-hydrogen) atoms. The molecular weight excluding hydrogens is 352 g/mol. The van der Waals surface area contributed by atoms with Gasteiger partial charge in [-0.25, -0.2) is 0 Å². The van der Waals surface area contributed by atoms with Gasteiger partial charge in [-0.15, -0.1) is 0 Å². The molecule has 1 fully saturated rings. The molecule has 2 aromatic rings. The van der Waals surface area contributed by atoms with E-state index in [4.69, 9.17) is 4.74 Å². The van der Waals surface area contributed by atoms with Crippen LogP contribution in [0.3, 0.4) is 0 Å². The molecule has 6 heteroatoms. The van der Waals surface area contributed by atoms with Gasteiger partial charge in [-0.05, 0) is 37.6 Å². The highest BCUT2D eigenvalue weighted by atomic mass is 16.5. The Morgan fingerprint density at radius 3 is 2.50 bits per heavy atom. The van der Waals surface area contributed by atoms with Crippen LogP contribution in [0.5, 0.6) is 0 Å². The summed E-state index contributed by atoms with van der Waals surface area (Å²) in [5, 5.41) is 6.19. The number of aryl methyl sites for hydroxylation is 2. The van der Waals surface area contributed by atoms with Crippen molar-refractivity contribution in [2.45, 2.75) is 13.8 Å². The largest absolute Gasteiger partial charge is 0.379 e. The van der Waals surface area contributed by atoms with Crippen LogP contribution in [0.1, 0.15) is 21.5 Å². The molecule has 0 atom stereocenters. The van der Waals surface area contributed by atoms with Gasteiger partial charge in [0.1, 0.15) is 0 Å². The Balaban J connectivity index is 1.69. The van der Waals surface area contributed by atoms with E-state index in [0.29, 0.717) is 18.1 Å². The minimum absolute atomic E-state index is 0.175. The number of carbonyl (C=O) groups is 1. The Bertz CT molecular complexity index is 812. The maximum absolute atomic E-state index is 12.6. The van der Waals surface area contributed by atoms with E-state index in [9.17, 15) is 4.79 Å². The monoisotopic (exact) mass is 380 g/mol. The molecule has 1 aliphatic heterocycles. The summed E-state index contributed by atoms with van der Waals surface area (Å²) in [4.78, 5) is 19.6. The molecule has 1 amide bonds. The minimum Gasteiger partial charge on any atom is -0.379 e. The molecule has 1 saturated heterocycles. The zero-order valence-corrected chi connectivity index (χ0v) is 16.6. The SMILES string of the molecule is Cc1ccc(C(=O)NC(=NCCN2CCOCC2)Nc2ccccc2C)cc1. The summed E-state index contributed by atoms with van der Waals surface area (Å²) in [6, 6.07) is 15.5. The van der Waals surface area contributed by atoms with E-state index >= 15 is 0 Å². The van der Waals surface area contributed by atoms with E-state index in [2.05, 4.69) is 20.5 Å². The smallest absolute Gasteiger partial charge is 0.257 e. The number of carbonyl (C=O) groups excluding carboxylic acids is 1. The number of hydrogen-bond acceptors (Lipinski definition) is 4. The molecular formula is C22H28N4O2. The van der Waals surface area contributed by atoms with Crippen molar-refractivity contribution in [1.29, 1.82) is 0 Å². The van der Waals surface area contributed by atoms with Crippen molar-refractivity contribution < 1.29 is 9.53 Å². The van der Waals surface area contributed by atoms with Gasteiger partial charge in [-0.1, -0.05) is 35.9 Å². The summed E-state index contributed by atoms with van der Waals surface area (Å²) in [6.07, 6.45) is 0. The van der Waals surface area contributed by atoms with Gasteiger partial charge in [-0.3, -0.25) is 20.0 Å². The Morgan fingerprint density at radius 1 is 1.07 bits per heavy atom. The second-order valence-electron chi connectivity index (χ2n) is 6.94. The van der Waals surface area contributed by atoms with E-state index in [1.807, 2.05) is 62.4 Å². The van der Waals surface area contributed by atoms with Gasteiger partial charge in [0.05, 0.1) is 19.8 Å². The molecule has 2 aromatic carbocycles. The Kier molecular flexibility index (Phi) is 7.17. The third-order valence-electron chi connectivity index (χ3n) is 4.73. The highest BCUT2D eigenvalue weighted by Gasteiger charge is 2.12. The van der Waals surface area contributed by atoms with Crippen molar-refractivity contribution in [2.75, 3.05) is 44.7 Å². The second kappa shape index (κ2) is 10.0. The van der Waals surface area contributed by atoms with Crippen LogP contribution in [-0.4, -0.2) is 56.2 Å². The van der Waals surface area contributed by atoms with E-state index in [1.54, 1.807) is 0 Å². The number of ether oxygens (including phenoxy) is 1. The normalized spacial score (nSPS) is 15.3. The summed E-state index contributed by atoms with van der Waals surface area (Å²) in [5.41, 5.74) is 3.75. The molecule has 0 aliphatic carbocycles. The zero-order chi connectivity index (χ0) is 19.8. The molecule has 6 nitrogen and oxygen atoms in total. The molecule has 0 spiro atoms. The van der Waals surface area contributed by atoms with Crippen LogP contribution in [0.15, 0.2) is 53.5 Å². The zero-order valence-electron chi connectivity index (χ0n) is 16.6. The van der Waals surface area contributed by atoms with Gasteiger partial charge in [0.2, 0.25) is 5.96 Å². The predicted octanol–water partition coefficient (Wildman–Crippen LogP) is 2.83. The van der Waals surface area contributed by atoms with Crippen molar-refractivity contribution in [2.24, 2.45) is 4.99 Å². The summed E-state index contributed by atoms with van der Waals surface area (Å²) in [7, 11) is 0. The molecule has 1 aliphatic rings. The van der Waals surface area contributed by atoms with Gasteiger partial charge >= 0.3 is 0 Å². The molecule has 0 radical (unpaired) electrons. The van der Waals surface area contributed by atoms with Crippen molar-refractivity contribution in [1.82, 2.24) is 10.2 Å². The Labute approximate surface area is 166 Å². The molecule has 0 bridgehead atoms. The fraction of sp³-hybridized carbons (Fsp3) is 0.364. The number of para-hydroxylation sites is 1. The average Bonchev–Trinajstić information content (AvgIpc) is 2.71. The predicted molar refractivity (Wildman–Crippen MR) is 113 cm³/mol. The van der Waals surface area contributed by atoms with Crippen LogP contribution < -0.4 is 10.6 Å². The highest BCUT2D eigenvalue weighted by Crippen LogP contribution is 2.13. The second-order valence-corrected chi connectivity index (χ2v) is 6.94. The molecule has 0 unspecified atom stereocenters. The first kappa shape index (κ1) is 20.0. The number of rotatable bonds is 5. The van der Waals surface area contributed by atoms with Gasteiger partial charge in [0.25, 0.3) is 5.91 Å². The number of guanidine groups is 1. The topological polar surface area (TPSA) is 66.0 Å². The van der Waals surface area contributed by atoms with Crippen LogP contribution in [0.2, 0.25) is 0 Å². The number of nitrogens with one attached hydrogen (secondary N) is 2. The Morgan fingerprint density at radius 2 is 1.79 bits per heavy atom. The van der Waals surface area contributed by atoms with Crippen LogP contribution in [0.4, 0.5) is 5.69 Å². The third-order valence-corrected chi connectivity index (χ3v) is 4.73. The maximum Gasteiger partial charge on any atom is 0.257 e. The van der Waals surface area contributed by atoms with Crippen molar-refractivity contribution in [3.63, 3.8) is 0 Å². The molecule has 3 rings (SSSR count). The summed E-state index contributed by atoms with van der Waals surface area (Å²) in [6.45, 7) is 8.84. The van der Waals surface area contributed by atoms with Crippen LogP contribution >= 0.6 is 0 Å². The van der Waals surface area contributed by atoms with Crippen molar-refractivity contribution in [3.8, 4) is 0 Å². The fourth-order valence-electron chi connectivity index (χ4n) is 2.96. The lowest BCUT2D eigenvalue weighted by Gasteiger charge is -2.25. The lowest BCUT2D eigenvalue weighted by molar-refractivity contribution is 0.0394. The first-order chi connectivity index (χ1) is 13.6. The standard InChI is InChI=1S/C22H28N4O2/c1-17-7-9-19(10-8-17)21(27)25-22(24-20-6-4-3-5-18(20)2)23-11-12-26-13-15-28-16-14-26/h3-10H,11-16H2,1-2H3,(H2,23,24,25,27). The molecule has 148 valence electrons. The van der Waals surface area contributed by atoms with Crippen LogP contribution in [-0.2, 0) is 4.74 Å². The minimum atomic E-state index is -0.175. The van der Waals surface area contributed by atoms with Gasteiger partial charge in [-0.2, -0.15) is 0 Å². The van der Waals surface area contributed by atoms with E-state index < -0.39 is 0 Å². The molecule has 1 heterocycles. The number of hydrogen-bond donors (Lipinski definition) is 2. The highest BCUT2D eigenvalue weighted by molar-refractivity contribution is 6.10. The fourth-order valence-corrected chi connectivity index (χ4v) is 2.96. The first-order valence-electron chi connectivity index (χ1n) is 9.67. The average molecular weight is 380 g/mol. The van der Waals surface area contributed by atoms with Crippen molar-refractivity contribution in [3.05, 3.63) is 65.2 Å². The summed E-state index contributed by atoms with van der Waals surface area (Å²) in [5.74, 6) is 0.291. The number of nitrogens with zero attached hydrogens (tertiary/aromatic N) is 2. The van der Waals surface area contributed by atoms with Gasteiger partial charge < -0.3 is 10.1 Å². The first-order valence-corrected chi connectivity index (χ1v) is 9.67. The van der Waals surface area contributed by atoms with Crippen molar-refractivity contribution >= 4 is 17.6 Å². The number of benzene rings is 2. The third kappa shape index (κ3) is 5.90. The van der Waals surface area contributed by atoms with Gasteiger partial charge in [0.15, 0.2) is 0 Å². The molecule has 0 aromatic heterocycles. The van der Waals surface area contributed by atoms with E-state index in [-0.39, 0.29) is 5.91 Å². The Hall–Kier alpha value is -2.70. The maximum atomic E-state index is 12.6. The lowest BCUT2D eigenvalue weighted by Crippen LogP contribution is -2.39. The number of anilines is 1. The van der Waals surface area contributed by atoms with E-state index in [0.717, 1.165) is 49.7 Å². The van der Waals surface area contributed by atoms with Crippen LogP contribution in [0.25, 0.3) is 0 Å². The number of morpholine rings is 1. The van der Waals surface area contributed by atoms with Gasteiger partial charge in [0, 0.05) is 30.9 Å². The molecule has 2 N–H and O–H groups in total. The summed E-state index contributed by atoms with van der Waals surface area (Å²) >= 11 is 0. The number of amides is 1. The quantitative estimate of drug-likeness (QED) is 0.618.